The molecular weight excluding hydrogens is 494 g/mol. The van der Waals surface area contributed by atoms with E-state index in [4.69, 9.17) is 9.72 Å². The largest absolute Gasteiger partial charge is 0.376 e. The van der Waals surface area contributed by atoms with Crippen molar-refractivity contribution in [1.29, 1.82) is 0 Å². The minimum atomic E-state index is -3.57. The molecule has 0 N–H and O–H groups in total. The number of rotatable bonds is 6. The van der Waals surface area contributed by atoms with Gasteiger partial charge in [-0.25, -0.2) is 13.4 Å². The van der Waals surface area contributed by atoms with Gasteiger partial charge in [0.2, 0.25) is 10.0 Å². The van der Waals surface area contributed by atoms with Gasteiger partial charge < -0.3 is 4.74 Å². The van der Waals surface area contributed by atoms with Crippen molar-refractivity contribution >= 4 is 42.6 Å². The molecule has 7 nitrogen and oxygen atoms in total. The lowest BCUT2D eigenvalue weighted by Gasteiger charge is -2.23. The van der Waals surface area contributed by atoms with Crippen molar-refractivity contribution in [3.05, 3.63) is 53.1 Å². The molecule has 5 rings (SSSR count). The summed E-state index contributed by atoms with van der Waals surface area (Å²) in [6.07, 6.45) is 5.74. The molecule has 2 fully saturated rings. The summed E-state index contributed by atoms with van der Waals surface area (Å²) in [5.41, 5.74) is 3.59. The molecule has 0 bridgehead atoms. The zero-order valence-electron chi connectivity index (χ0n) is 20.9. The molecule has 3 aromatic rings. The predicted molar refractivity (Wildman–Crippen MR) is 143 cm³/mol. The number of sulfonamides is 1. The van der Waals surface area contributed by atoms with Gasteiger partial charge in [-0.05, 0) is 81.0 Å². The molecule has 192 valence electrons. The van der Waals surface area contributed by atoms with Gasteiger partial charge in [-0.3, -0.25) is 9.69 Å². The van der Waals surface area contributed by atoms with Crippen LogP contribution in [0.2, 0.25) is 0 Å². The van der Waals surface area contributed by atoms with Crippen LogP contribution in [0.25, 0.3) is 10.2 Å². The van der Waals surface area contributed by atoms with E-state index in [-0.39, 0.29) is 16.9 Å². The Kier molecular flexibility index (Phi) is 7.44. The summed E-state index contributed by atoms with van der Waals surface area (Å²) in [6, 6.07) is 10.6. The van der Waals surface area contributed by atoms with Gasteiger partial charge in [-0.15, -0.1) is 0 Å². The lowest BCUT2D eigenvalue weighted by molar-refractivity contribution is 0.0917. The second-order valence-electron chi connectivity index (χ2n) is 9.82. The molecule has 0 saturated carbocycles. The summed E-state index contributed by atoms with van der Waals surface area (Å²) in [6.45, 7) is 6.32. The maximum absolute atomic E-state index is 13.7. The summed E-state index contributed by atoms with van der Waals surface area (Å²) < 4.78 is 34.8. The average Bonchev–Trinajstić information content (AvgIpc) is 3.44. The number of amides is 1. The Morgan fingerprint density at radius 1 is 1.08 bits per heavy atom. The van der Waals surface area contributed by atoms with E-state index in [1.165, 1.54) is 11.3 Å². The number of hydrogen-bond acceptors (Lipinski definition) is 6. The maximum Gasteiger partial charge on any atom is 0.260 e. The lowest BCUT2D eigenvalue weighted by atomic mass is 10.1. The highest BCUT2D eigenvalue weighted by atomic mass is 32.2. The summed E-state index contributed by atoms with van der Waals surface area (Å²) in [5.74, 6) is -0.197. The Bertz CT molecular complexity index is 1340. The van der Waals surface area contributed by atoms with Gasteiger partial charge in [0.25, 0.3) is 5.91 Å². The van der Waals surface area contributed by atoms with Crippen molar-refractivity contribution in [3.8, 4) is 0 Å². The van der Waals surface area contributed by atoms with Gasteiger partial charge in [0, 0.05) is 25.3 Å². The van der Waals surface area contributed by atoms with E-state index in [2.05, 4.69) is 19.1 Å². The molecule has 36 heavy (non-hydrogen) atoms. The smallest absolute Gasteiger partial charge is 0.260 e. The van der Waals surface area contributed by atoms with Crippen LogP contribution in [0.3, 0.4) is 0 Å². The van der Waals surface area contributed by atoms with Crippen LogP contribution in [-0.2, 0) is 14.8 Å². The fraction of sp³-hybridized carbons (Fsp3) is 0.481. The molecule has 1 atom stereocenters. The van der Waals surface area contributed by atoms with E-state index >= 15 is 0 Å². The van der Waals surface area contributed by atoms with Crippen molar-refractivity contribution in [2.45, 2.75) is 63.4 Å². The Hall–Kier alpha value is -2.33. The summed E-state index contributed by atoms with van der Waals surface area (Å²) >= 11 is 1.50. The van der Waals surface area contributed by atoms with Crippen molar-refractivity contribution in [2.24, 2.45) is 0 Å². The molecule has 0 radical (unpaired) electrons. The van der Waals surface area contributed by atoms with E-state index in [1.807, 2.05) is 6.92 Å². The van der Waals surface area contributed by atoms with Crippen LogP contribution < -0.4 is 4.90 Å². The second-order valence-corrected chi connectivity index (χ2v) is 12.8. The van der Waals surface area contributed by atoms with Gasteiger partial charge >= 0.3 is 0 Å². The Labute approximate surface area is 217 Å². The molecule has 2 aliphatic heterocycles. The molecular formula is C27H33N3O4S2. The van der Waals surface area contributed by atoms with Crippen molar-refractivity contribution in [1.82, 2.24) is 9.29 Å². The fourth-order valence-corrected chi connectivity index (χ4v) is 7.74. The van der Waals surface area contributed by atoms with Crippen LogP contribution in [0, 0.1) is 13.8 Å². The van der Waals surface area contributed by atoms with Crippen molar-refractivity contribution < 1.29 is 17.9 Å². The zero-order chi connectivity index (χ0) is 25.3. The Morgan fingerprint density at radius 3 is 2.47 bits per heavy atom. The number of thiazole rings is 1. The van der Waals surface area contributed by atoms with Crippen LogP contribution in [0.1, 0.15) is 60.0 Å². The van der Waals surface area contributed by atoms with E-state index in [0.29, 0.717) is 36.9 Å². The number of ether oxygens (including phenoxy) is 1. The standard InChI is InChI=1S/C27H33N3O4S2/c1-19-16-20(2)25-24(17-19)35-27(28-25)30(18-22-8-7-15-34-22)26(31)21-9-11-23(12-10-21)36(32,33)29-13-5-3-4-6-14-29/h9-12,16-17,22H,3-8,13-15,18H2,1-2H3. The molecule has 0 aliphatic carbocycles. The molecule has 2 aliphatic rings. The van der Waals surface area contributed by atoms with Gasteiger partial charge in [0.1, 0.15) is 0 Å². The summed E-state index contributed by atoms with van der Waals surface area (Å²) in [7, 11) is -3.57. The van der Waals surface area contributed by atoms with Gasteiger partial charge in [-0.2, -0.15) is 4.31 Å². The third-order valence-corrected chi connectivity index (χ3v) is 9.95. The first-order chi connectivity index (χ1) is 17.3. The first-order valence-electron chi connectivity index (χ1n) is 12.7. The minimum Gasteiger partial charge on any atom is -0.376 e. The lowest BCUT2D eigenvalue weighted by Crippen LogP contribution is -2.37. The number of nitrogens with zero attached hydrogens (tertiary/aromatic N) is 3. The molecule has 9 heteroatoms. The highest BCUT2D eigenvalue weighted by molar-refractivity contribution is 7.89. The fourth-order valence-electron chi connectivity index (χ4n) is 5.07. The number of anilines is 1. The third-order valence-electron chi connectivity index (χ3n) is 7.01. The molecule has 2 aromatic carbocycles. The molecule has 3 heterocycles. The molecule has 1 amide bonds. The zero-order valence-corrected chi connectivity index (χ0v) is 22.5. The quantitative estimate of drug-likeness (QED) is 0.434. The van der Waals surface area contributed by atoms with E-state index < -0.39 is 10.0 Å². The van der Waals surface area contributed by atoms with E-state index in [9.17, 15) is 13.2 Å². The third kappa shape index (κ3) is 5.20. The van der Waals surface area contributed by atoms with Crippen LogP contribution >= 0.6 is 11.3 Å². The molecule has 1 aromatic heterocycles. The Balaban J connectivity index is 1.44. The SMILES string of the molecule is Cc1cc(C)c2nc(N(CC3CCCO3)C(=O)c3ccc(S(=O)(=O)N4CCCCCC4)cc3)sc2c1. The van der Waals surface area contributed by atoms with Crippen molar-refractivity contribution in [2.75, 3.05) is 31.1 Å². The molecule has 0 spiro atoms. The number of aromatic nitrogens is 1. The summed E-state index contributed by atoms with van der Waals surface area (Å²) in [4.78, 5) is 20.5. The van der Waals surface area contributed by atoms with Crippen LogP contribution in [0.15, 0.2) is 41.3 Å². The maximum atomic E-state index is 13.7. The average molecular weight is 528 g/mol. The normalized spacial score (nSPS) is 19.4. The topological polar surface area (TPSA) is 79.8 Å². The first kappa shape index (κ1) is 25.3. The number of aryl methyl sites for hydroxylation is 2. The molecule has 2 saturated heterocycles. The van der Waals surface area contributed by atoms with E-state index in [1.54, 1.807) is 33.5 Å². The Morgan fingerprint density at radius 2 is 1.81 bits per heavy atom. The minimum absolute atomic E-state index is 0.0357. The highest BCUT2D eigenvalue weighted by Gasteiger charge is 2.29. The van der Waals surface area contributed by atoms with Gasteiger partial charge in [0.15, 0.2) is 5.13 Å². The second kappa shape index (κ2) is 10.6. The van der Waals surface area contributed by atoms with Crippen LogP contribution in [0.5, 0.6) is 0 Å². The first-order valence-corrected chi connectivity index (χ1v) is 15.0. The highest BCUT2D eigenvalue weighted by Crippen LogP contribution is 2.33. The number of fused-ring (bicyclic) bond motifs is 1. The van der Waals surface area contributed by atoms with Crippen molar-refractivity contribution in [3.63, 3.8) is 0 Å². The number of carbonyl (C=O) groups excluding carboxylic acids is 1. The number of benzene rings is 2. The predicted octanol–water partition coefficient (Wildman–Crippen LogP) is 5.30. The van der Waals surface area contributed by atoms with Gasteiger partial charge in [0.05, 0.1) is 27.8 Å². The monoisotopic (exact) mass is 527 g/mol. The number of carbonyl (C=O) groups is 1. The number of hydrogen-bond donors (Lipinski definition) is 0. The van der Waals surface area contributed by atoms with Gasteiger partial charge in [-0.1, -0.05) is 30.2 Å². The summed E-state index contributed by atoms with van der Waals surface area (Å²) in [5, 5.41) is 0.639. The molecule has 1 unspecified atom stereocenters. The van der Waals surface area contributed by atoms with Crippen LogP contribution in [-0.4, -0.2) is 56.0 Å². The van der Waals surface area contributed by atoms with Crippen LogP contribution in [0.4, 0.5) is 5.13 Å². The van der Waals surface area contributed by atoms with E-state index in [0.717, 1.165) is 59.9 Å².